The Morgan fingerprint density at radius 2 is 1.88 bits per heavy atom. The molecule has 137 valence electrons. The molecule has 0 saturated carbocycles. The summed E-state index contributed by atoms with van der Waals surface area (Å²) in [4.78, 5) is 25.8. The van der Waals surface area contributed by atoms with Crippen LogP contribution in [-0.2, 0) is 20.7 Å². The minimum Gasteiger partial charge on any atom is -0.469 e. The second kappa shape index (κ2) is 8.92. The van der Waals surface area contributed by atoms with Gasteiger partial charge in [-0.05, 0) is 51.0 Å². The number of carbonyl (C=O) groups excluding carboxylic acids is 2. The molecule has 0 N–H and O–H groups in total. The molecule has 0 aliphatic heterocycles. The van der Waals surface area contributed by atoms with Gasteiger partial charge in [-0.3, -0.25) is 4.79 Å². The standard InChI is InChI=1S/C17H22Cl2NO4Si/c1-17(2,3)24-16(22)20(4)14(25)12(15(21)23-5)9-10-8-11(18)6-7-13(10)19/h6-8,12,14H,9H2,1-5H3/t12-,14?/m1/s1. The van der Waals surface area contributed by atoms with E-state index >= 15 is 0 Å². The minimum absolute atomic E-state index is 0.243. The Morgan fingerprint density at radius 1 is 1.28 bits per heavy atom. The fraction of sp³-hybridized carbons (Fsp3) is 0.529. The van der Waals surface area contributed by atoms with Gasteiger partial charge >= 0.3 is 12.1 Å². The van der Waals surface area contributed by atoms with Gasteiger partial charge in [0.15, 0.2) is 0 Å². The lowest BCUT2D eigenvalue weighted by Crippen LogP contribution is -2.47. The van der Waals surface area contributed by atoms with Crippen LogP contribution in [0, 0.1) is 5.92 Å². The lowest BCUT2D eigenvalue weighted by atomic mass is 9.98. The second-order valence-corrected chi connectivity index (χ2v) is 8.04. The van der Waals surface area contributed by atoms with Gasteiger partial charge in [0.2, 0.25) is 0 Å². The normalized spacial score (nSPS) is 13.8. The van der Waals surface area contributed by atoms with Crippen LogP contribution >= 0.6 is 23.2 Å². The number of hydrogen-bond acceptors (Lipinski definition) is 4. The van der Waals surface area contributed by atoms with Crippen molar-refractivity contribution in [2.45, 2.75) is 38.5 Å². The third kappa shape index (κ3) is 6.53. The summed E-state index contributed by atoms with van der Waals surface area (Å²) in [6.07, 6.45) is -0.313. The van der Waals surface area contributed by atoms with Crippen molar-refractivity contribution in [3.63, 3.8) is 0 Å². The zero-order valence-corrected chi connectivity index (χ0v) is 17.4. The molecule has 0 fully saturated rings. The molecular formula is C17H22Cl2NO4Si. The van der Waals surface area contributed by atoms with E-state index < -0.39 is 29.2 Å². The predicted octanol–water partition coefficient (Wildman–Crippen LogP) is 3.69. The largest absolute Gasteiger partial charge is 0.469 e. The zero-order chi connectivity index (χ0) is 19.4. The average Bonchev–Trinajstić information content (AvgIpc) is 2.51. The molecule has 0 spiro atoms. The van der Waals surface area contributed by atoms with E-state index in [1.165, 1.54) is 12.0 Å². The SMILES string of the molecule is COC(=O)[C@H](Cc1cc(Cl)ccc1Cl)C([Si])N(C)C(=O)OC(C)(C)C. The Kier molecular flexibility index (Phi) is 7.78. The number of amides is 1. The van der Waals surface area contributed by atoms with Gasteiger partial charge in [-0.2, -0.15) is 0 Å². The predicted molar refractivity (Wildman–Crippen MR) is 99.2 cm³/mol. The molecule has 0 aliphatic rings. The number of nitrogens with zero attached hydrogens (tertiary/aromatic N) is 1. The van der Waals surface area contributed by atoms with E-state index in [1.54, 1.807) is 46.0 Å². The highest BCUT2D eigenvalue weighted by Crippen LogP contribution is 2.26. The van der Waals surface area contributed by atoms with Gasteiger partial charge in [0.05, 0.1) is 23.3 Å². The molecule has 0 aliphatic carbocycles. The van der Waals surface area contributed by atoms with E-state index in [1.807, 2.05) is 0 Å². The van der Waals surface area contributed by atoms with Crippen molar-refractivity contribution in [2.24, 2.45) is 5.92 Å². The third-order valence-corrected chi connectivity index (χ3v) is 4.82. The minimum atomic E-state index is -0.699. The van der Waals surface area contributed by atoms with Crippen LogP contribution in [0.3, 0.4) is 0 Å². The number of carbonyl (C=O) groups is 2. The molecule has 1 aromatic rings. The van der Waals surface area contributed by atoms with Gasteiger partial charge in [-0.15, -0.1) is 0 Å². The molecule has 1 rings (SSSR count). The van der Waals surface area contributed by atoms with Crippen molar-refractivity contribution in [1.82, 2.24) is 4.90 Å². The topological polar surface area (TPSA) is 55.8 Å². The van der Waals surface area contributed by atoms with Crippen molar-refractivity contribution in [2.75, 3.05) is 14.2 Å². The van der Waals surface area contributed by atoms with Gasteiger partial charge in [0, 0.05) is 22.8 Å². The highest BCUT2D eigenvalue weighted by molar-refractivity contribution is 6.33. The van der Waals surface area contributed by atoms with Crippen molar-refractivity contribution in [3.05, 3.63) is 33.8 Å². The highest BCUT2D eigenvalue weighted by atomic mass is 35.5. The number of hydrogen-bond donors (Lipinski definition) is 0. The number of ether oxygens (including phenoxy) is 2. The maximum absolute atomic E-state index is 12.3. The molecule has 5 nitrogen and oxygen atoms in total. The van der Waals surface area contributed by atoms with Gasteiger partial charge in [-0.25, -0.2) is 4.79 Å². The van der Waals surface area contributed by atoms with Gasteiger partial charge in [0.1, 0.15) is 5.60 Å². The molecule has 2 atom stereocenters. The Morgan fingerprint density at radius 3 is 2.40 bits per heavy atom. The lowest BCUT2D eigenvalue weighted by Gasteiger charge is -2.32. The van der Waals surface area contributed by atoms with Gasteiger partial charge in [0.25, 0.3) is 0 Å². The number of rotatable bonds is 5. The summed E-state index contributed by atoms with van der Waals surface area (Å²) in [5, 5.41) is 0.992. The quantitative estimate of drug-likeness (QED) is 0.556. The van der Waals surface area contributed by atoms with Crippen molar-refractivity contribution < 1.29 is 19.1 Å². The van der Waals surface area contributed by atoms with Crippen LogP contribution in [0.25, 0.3) is 0 Å². The van der Waals surface area contributed by atoms with Crippen molar-refractivity contribution in [1.29, 1.82) is 0 Å². The summed E-state index contributed by atoms with van der Waals surface area (Å²) in [5.41, 5.74) is -0.614. The molecule has 1 unspecified atom stereocenters. The molecule has 8 heteroatoms. The maximum atomic E-state index is 12.3. The molecule has 0 heterocycles. The first-order chi connectivity index (χ1) is 11.5. The summed E-state index contributed by atoms with van der Waals surface area (Å²) in [7, 11) is 6.30. The van der Waals surface area contributed by atoms with E-state index in [2.05, 4.69) is 10.2 Å². The Labute approximate surface area is 162 Å². The van der Waals surface area contributed by atoms with E-state index in [0.717, 1.165) is 0 Å². The number of benzene rings is 1. The van der Waals surface area contributed by atoms with E-state index in [0.29, 0.717) is 15.6 Å². The highest BCUT2D eigenvalue weighted by Gasteiger charge is 2.33. The lowest BCUT2D eigenvalue weighted by molar-refractivity contribution is -0.146. The Hall–Kier alpha value is -1.24. The summed E-state index contributed by atoms with van der Waals surface area (Å²) < 4.78 is 10.2. The summed E-state index contributed by atoms with van der Waals surface area (Å²) in [5.74, 6) is -1.18. The van der Waals surface area contributed by atoms with Crippen LogP contribution in [0.1, 0.15) is 26.3 Å². The number of esters is 1. The van der Waals surface area contributed by atoms with Gasteiger partial charge in [-0.1, -0.05) is 23.2 Å². The number of methoxy groups -OCH3 is 1. The third-order valence-electron chi connectivity index (χ3n) is 3.43. The molecular weight excluding hydrogens is 381 g/mol. The molecule has 0 bridgehead atoms. The number of halogens is 2. The van der Waals surface area contributed by atoms with Crippen LogP contribution in [-0.4, -0.2) is 52.6 Å². The summed E-state index contributed by atoms with van der Waals surface area (Å²) in [6.45, 7) is 5.31. The molecule has 1 aromatic carbocycles. The van der Waals surface area contributed by atoms with E-state index in [4.69, 9.17) is 32.7 Å². The van der Waals surface area contributed by atoms with Crippen LogP contribution in [0.5, 0.6) is 0 Å². The first-order valence-electron chi connectivity index (χ1n) is 7.65. The summed E-state index contributed by atoms with van der Waals surface area (Å²) >= 11 is 12.2. The molecule has 25 heavy (non-hydrogen) atoms. The van der Waals surface area contributed by atoms with Crippen LogP contribution in [0.2, 0.25) is 10.0 Å². The Balaban J connectivity index is 3.03. The smallest absolute Gasteiger partial charge is 0.409 e. The molecule has 0 aromatic heterocycles. The van der Waals surface area contributed by atoms with E-state index in [9.17, 15) is 9.59 Å². The first kappa shape index (κ1) is 21.8. The van der Waals surface area contributed by atoms with Crippen molar-refractivity contribution in [3.8, 4) is 0 Å². The molecule has 1 amide bonds. The van der Waals surface area contributed by atoms with Crippen LogP contribution < -0.4 is 0 Å². The monoisotopic (exact) mass is 402 g/mol. The van der Waals surface area contributed by atoms with Crippen LogP contribution in [0.4, 0.5) is 4.79 Å². The zero-order valence-electron chi connectivity index (χ0n) is 14.9. The Bertz CT molecular complexity index is 634. The van der Waals surface area contributed by atoms with Crippen LogP contribution in [0.15, 0.2) is 18.2 Å². The maximum Gasteiger partial charge on any atom is 0.409 e. The second-order valence-electron chi connectivity index (χ2n) is 6.61. The fourth-order valence-corrected chi connectivity index (χ4v) is 2.88. The van der Waals surface area contributed by atoms with Crippen molar-refractivity contribution >= 4 is 45.5 Å². The average molecular weight is 403 g/mol. The molecule has 3 radical (unpaired) electrons. The molecule has 0 saturated heterocycles. The first-order valence-corrected chi connectivity index (χ1v) is 8.98. The summed E-state index contributed by atoms with van der Waals surface area (Å²) in [6, 6.07) is 5.01. The van der Waals surface area contributed by atoms with Gasteiger partial charge < -0.3 is 14.4 Å². The van der Waals surface area contributed by atoms with E-state index in [-0.39, 0.29) is 6.42 Å². The fourth-order valence-electron chi connectivity index (χ4n) is 2.13.